The number of aliphatic hydroxyl groups is 1. The maximum Gasteiger partial charge on any atom is 0.223 e. The van der Waals surface area contributed by atoms with Crippen LogP contribution >= 0.6 is 0 Å². The molecule has 0 radical (unpaired) electrons. The van der Waals surface area contributed by atoms with E-state index < -0.39 is 0 Å². The van der Waals surface area contributed by atoms with Gasteiger partial charge in [0.2, 0.25) is 5.91 Å². The molecule has 0 aliphatic heterocycles. The molecular formula is C17H27NO3. The van der Waals surface area contributed by atoms with E-state index >= 15 is 0 Å². The highest BCUT2D eigenvalue weighted by molar-refractivity contribution is 5.76. The molecule has 0 spiro atoms. The third kappa shape index (κ3) is 6.17. The molecule has 1 aromatic carbocycles. The largest absolute Gasteiger partial charge is 0.493 e. The molecule has 2 N–H and O–H groups in total. The minimum absolute atomic E-state index is 0.0177. The molecule has 0 aliphatic rings. The van der Waals surface area contributed by atoms with Crippen molar-refractivity contribution in [3.05, 3.63) is 29.3 Å². The second-order valence-electron chi connectivity index (χ2n) is 5.77. The van der Waals surface area contributed by atoms with E-state index in [1.54, 1.807) is 0 Å². The van der Waals surface area contributed by atoms with Gasteiger partial charge in [-0.15, -0.1) is 0 Å². The van der Waals surface area contributed by atoms with Crippen LogP contribution in [0.4, 0.5) is 0 Å². The molecule has 4 nitrogen and oxygen atoms in total. The van der Waals surface area contributed by atoms with E-state index in [-0.39, 0.29) is 18.6 Å². The molecule has 0 aliphatic carbocycles. The summed E-state index contributed by atoms with van der Waals surface area (Å²) in [5.74, 6) is 1.06. The van der Waals surface area contributed by atoms with E-state index in [1.807, 2.05) is 39.0 Å². The molecule has 0 saturated heterocycles. The van der Waals surface area contributed by atoms with Gasteiger partial charge in [0.05, 0.1) is 13.0 Å². The Morgan fingerprint density at radius 1 is 1.29 bits per heavy atom. The first-order valence-electron chi connectivity index (χ1n) is 7.54. The Bertz CT molecular complexity index is 457. The molecule has 0 saturated carbocycles. The molecule has 1 atom stereocenters. The normalized spacial score (nSPS) is 12.3. The third-order valence-electron chi connectivity index (χ3n) is 3.67. The molecule has 1 amide bonds. The van der Waals surface area contributed by atoms with Crippen LogP contribution in [0.5, 0.6) is 5.75 Å². The lowest BCUT2D eigenvalue weighted by molar-refractivity contribution is -0.122. The number of carbonyl (C=O) groups is 1. The lowest BCUT2D eigenvalue weighted by Crippen LogP contribution is -2.39. The summed E-state index contributed by atoms with van der Waals surface area (Å²) in [6, 6.07) is 5.93. The van der Waals surface area contributed by atoms with Crippen LogP contribution in [0.1, 0.15) is 37.8 Å². The van der Waals surface area contributed by atoms with Crippen LogP contribution in [-0.2, 0) is 4.79 Å². The van der Waals surface area contributed by atoms with Gasteiger partial charge in [0.1, 0.15) is 5.75 Å². The zero-order chi connectivity index (χ0) is 15.8. The smallest absolute Gasteiger partial charge is 0.223 e. The van der Waals surface area contributed by atoms with E-state index in [0.29, 0.717) is 25.4 Å². The van der Waals surface area contributed by atoms with Crippen molar-refractivity contribution in [2.75, 3.05) is 13.2 Å². The number of hydrogen-bond acceptors (Lipinski definition) is 3. The number of ether oxygens (including phenoxy) is 1. The number of rotatable bonds is 8. The number of amides is 1. The van der Waals surface area contributed by atoms with Crippen molar-refractivity contribution in [1.29, 1.82) is 0 Å². The van der Waals surface area contributed by atoms with Gasteiger partial charge in [-0.3, -0.25) is 4.79 Å². The van der Waals surface area contributed by atoms with Crippen LogP contribution in [-0.4, -0.2) is 30.3 Å². The predicted octanol–water partition coefficient (Wildman–Crippen LogP) is 2.60. The van der Waals surface area contributed by atoms with Crippen LogP contribution in [0.2, 0.25) is 0 Å². The van der Waals surface area contributed by atoms with Crippen LogP contribution in [0.25, 0.3) is 0 Å². The second kappa shape index (κ2) is 8.67. The van der Waals surface area contributed by atoms with E-state index in [1.165, 1.54) is 11.1 Å². The van der Waals surface area contributed by atoms with Crippen molar-refractivity contribution in [3.8, 4) is 5.75 Å². The minimum atomic E-state index is -0.0361. The van der Waals surface area contributed by atoms with Gasteiger partial charge in [-0.1, -0.05) is 19.9 Å². The highest BCUT2D eigenvalue weighted by Gasteiger charge is 2.15. The Balaban J connectivity index is 2.37. The number of aryl methyl sites for hydroxylation is 2. The summed E-state index contributed by atoms with van der Waals surface area (Å²) in [5.41, 5.74) is 2.41. The Kier molecular flexibility index (Phi) is 7.23. The monoisotopic (exact) mass is 293 g/mol. The molecule has 0 aromatic heterocycles. The van der Waals surface area contributed by atoms with Crippen LogP contribution in [0.3, 0.4) is 0 Å². The average Bonchev–Trinajstić information content (AvgIpc) is 2.42. The molecule has 1 rings (SSSR count). The highest BCUT2D eigenvalue weighted by atomic mass is 16.5. The molecule has 1 aromatic rings. The Labute approximate surface area is 127 Å². The van der Waals surface area contributed by atoms with Gasteiger partial charge in [-0.25, -0.2) is 0 Å². The average molecular weight is 293 g/mol. The van der Waals surface area contributed by atoms with Crippen molar-refractivity contribution in [1.82, 2.24) is 5.32 Å². The van der Waals surface area contributed by atoms with E-state index in [0.717, 1.165) is 5.75 Å². The third-order valence-corrected chi connectivity index (χ3v) is 3.67. The first-order chi connectivity index (χ1) is 9.93. The quantitative estimate of drug-likeness (QED) is 0.774. The SMILES string of the molecule is Cc1ccc(OCCC(=O)NC(CCO)C(C)C)cc1C. The number of nitrogens with one attached hydrogen (secondary N) is 1. The van der Waals surface area contributed by atoms with Gasteiger partial charge in [0, 0.05) is 12.6 Å². The molecule has 1 unspecified atom stereocenters. The summed E-state index contributed by atoms with van der Waals surface area (Å²) < 4.78 is 5.60. The zero-order valence-corrected chi connectivity index (χ0v) is 13.5. The molecule has 0 bridgehead atoms. The lowest BCUT2D eigenvalue weighted by Gasteiger charge is -2.21. The lowest BCUT2D eigenvalue weighted by atomic mass is 10.0. The fraction of sp³-hybridized carbons (Fsp3) is 0.588. The molecule has 118 valence electrons. The van der Waals surface area contributed by atoms with Crippen LogP contribution in [0.15, 0.2) is 18.2 Å². The number of carbonyl (C=O) groups excluding carboxylic acids is 1. The maximum atomic E-state index is 11.9. The Hall–Kier alpha value is -1.55. The number of aliphatic hydroxyl groups excluding tert-OH is 1. The molecule has 0 heterocycles. The summed E-state index contributed by atoms with van der Waals surface area (Å²) in [5, 5.41) is 11.9. The topological polar surface area (TPSA) is 58.6 Å². The van der Waals surface area contributed by atoms with Crippen molar-refractivity contribution in [2.24, 2.45) is 5.92 Å². The van der Waals surface area contributed by atoms with Gasteiger partial charge < -0.3 is 15.2 Å². The summed E-state index contributed by atoms with van der Waals surface area (Å²) in [7, 11) is 0. The number of hydrogen-bond donors (Lipinski definition) is 2. The molecule has 21 heavy (non-hydrogen) atoms. The minimum Gasteiger partial charge on any atom is -0.493 e. The van der Waals surface area contributed by atoms with Crippen molar-refractivity contribution in [3.63, 3.8) is 0 Å². The predicted molar refractivity (Wildman–Crippen MR) is 84.5 cm³/mol. The summed E-state index contributed by atoms with van der Waals surface area (Å²) >= 11 is 0. The van der Waals surface area contributed by atoms with Gasteiger partial charge >= 0.3 is 0 Å². The highest BCUT2D eigenvalue weighted by Crippen LogP contribution is 2.16. The van der Waals surface area contributed by atoms with Gasteiger partial charge in [-0.2, -0.15) is 0 Å². The standard InChI is InChI=1S/C17H27NO3/c1-12(2)16(7-9-19)18-17(20)8-10-21-15-6-5-13(3)14(4)11-15/h5-6,11-12,16,19H,7-10H2,1-4H3,(H,18,20). The second-order valence-corrected chi connectivity index (χ2v) is 5.77. The van der Waals surface area contributed by atoms with Gasteiger partial charge in [-0.05, 0) is 49.4 Å². The molecule has 0 fully saturated rings. The summed E-state index contributed by atoms with van der Waals surface area (Å²) in [6.07, 6.45) is 0.906. The fourth-order valence-corrected chi connectivity index (χ4v) is 2.06. The van der Waals surface area contributed by atoms with E-state index in [4.69, 9.17) is 9.84 Å². The summed E-state index contributed by atoms with van der Waals surface area (Å²) in [4.78, 5) is 11.9. The fourth-order valence-electron chi connectivity index (χ4n) is 2.06. The number of benzene rings is 1. The first-order valence-corrected chi connectivity index (χ1v) is 7.54. The van der Waals surface area contributed by atoms with Crippen LogP contribution in [0, 0.1) is 19.8 Å². The molecular weight excluding hydrogens is 266 g/mol. The van der Waals surface area contributed by atoms with E-state index in [2.05, 4.69) is 12.2 Å². The molecule has 4 heteroatoms. The Morgan fingerprint density at radius 3 is 2.57 bits per heavy atom. The zero-order valence-electron chi connectivity index (χ0n) is 13.5. The Morgan fingerprint density at radius 2 is 2.00 bits per heavy atom. The van der Waals surface area contributed by atoms with Crippen LogP contribution < -0.4 is 10.1 Å². The maximum absolute atomic E-state index is 11.9. The van der Waals surface area contributed by atoms with Crippen molar-refractivity contribution < 1.29 is 14.6 Å². The van der Waals surface area contributed by atoms with Gasteiger partial charge in [0.15, 0.2) is 0 Å². The van der Waals surface area contributed by atoms with Gasteiger partial charge in [0.25, 0.3) is 0 Å². The van der Waals surface area contributed by atoms with E-state index in [9.17, 15) is 4.79 Å². The van der Waals surface area contributed by atoms with Crippen molar-refractivity contribution >= 4 is 5.91 Å². The van der Waals surface area contributed by atoms with Crippen molar-refractivity contribution in [2.45, 2.75) is 46.6 Å². The first kappa shape index (κ1) is 17.5. The summed E-state index contributed by atoms with van der Waals surface area (Å²) in [6.45, 7) is 8.61.